The van der Waals surface area contributed by atoms with E-state index in [1.807, 2.05) is 12.1 Å². The first kappa shape index (κ1) is 16.4. The predicted octanol–water partition coefficient (Wildman–Crippen LogP) is 1.48. The molecule has 0 spiro atoms. The van der Waals surface area contributed by atoms with Crippen molar-refractivity contribution in [3.8, 4) is 0 Å². The molecule has 1 aromatic heterocycles. The van der Waals surface area contributed by atoms with Crippen LogP contribution in [-0.2, 0) is 16.4 Å². The normalized spacial score (nSPS) is 26.7. The molecule has 118 valence electrons. The summed E-state index contributed by atoms with van der Waals surface area (Å²) < 4.78 is 26.6. The van der Waals surface area contributed by atoms with Gasteiger partial charge in [-0.1, -0.05) is 19.8 Å². The quantitative estimate of drug-likeness (QED) is 0.834. The largest absolute Gasteiger partial charge is 0.389 e. The summed E-state index contributed by atoms with van der Waals surface area (Å²) in [5, 5.41) is 10.5. The molecule has 1 heterocycles. The van der Waals surface area contributed by atoms with Gasteiger partial charge in [-0.3, -0.25) is 4.98 Å². The molecule has 1 aliphatic rings. The van der Waals surface area contributed by atoms with Crippen LogP contribution in [0.2, 0.25) is 0 Å². The van der Waals surface area contributed by atoms with Crippen LogP contribution >= 0.6 is 0 Å². The number of rotatable bonds is 6. The first-order valence-electron chi connectivity index (χ1n) is 7.47. The molecule has 1 aliphatic carbocycles. The van der Waals surface area contributed by atoms with E-state index in [1.165, 1.54) is 0 Å². The third kappa shape index (κ3) is 5.37. The van der Waals surface area contributed by atoms with Crippen molar-refractivity contribution in [3.05, 3.63) is 30.1 Å². The highest BCUT2D eigenvalue weighted by molar-refractivity contribution is 7.89. The molecule has 5 nitrogen and oxygen atoms in total. The average Bonchev–Trinajstić information content (AvgIpc) is 2.45. The van der Waals surface area contributed by atoms with E-state index < -0.39 is 15.6 Å². The van der Waals surface area contributed by atoms with Gasteiger partial charge in [0, 0.05) is 18.9 Å². The lowest BCUT2D eigenvalue weighted by atomic mass is 9.79. The van der Waals surface area contributed by atoms with Crippen LogP contribution in [0.4, 0.5) is 0 Å². The number of hydrogen-bond donors (Lipinski definition) is 2. The van der Waals surface area contributed by atoms with E-state index in [4.69, 9.17) is 0 Å². The summed E-state index contributed by atoms with van der Waals surface area (Å²) in [6.45, 7) is 2.22. The fourth-order valence-corrected chi connectivity index (χ4v) is 4.05. The van der Waals surface area contributed by atoms with Crippen LogP contribution in [0.5, 0.6) is 0 Å². The van der Waals surface area contributed by atoms with E-state index in [9.17, 15) is 13.5 Å². The van der Waals surface area contributed by atoms with Gasteiger partial charge < -0.3 is 5.11 Å². The van der Waals surface area contributed by atoms with Crippen LogP contribution < -0.4 is 4.72 Å². The Morgan fingerprint density at radius 2 is 2.14 bits per heavy atom. The molecule has 6 heteroatoms. The molecule has 0 bridgehead atoms. The summed E-state index contributed by atoms with van der Waals surface area (Å²) in [5.74, 6) is 0.480. The molecule has 2 N–H and O–H groups in total. The first-order chi connectivity index (χ1) is 9.89. The minimum absolute atomic E-state index is 0.0304. The molecule has 0 radical (unpaired) electrons. The number of sulfonamides is 1. The Balaban J connectivity index is 1.83. The molecule has 2 unspecified atom stereocenters. The Kier molecular flexibility index (Phi) is 5.35. The Bertz CT molecular complexity index is 547. The molecule has 0 saturated heterocycles. The molecule has 2 rings (SSSR count). The molecular weight excluding hydrogens is 288 g/mol. The molecule has 0 aliphatic heterocycles. The molecule has 0 aromatic carbocycles. The van der Waals surface area contributed by atoms with Crippen molar-refractivity contribution >= 4 is 10.0 Å². The molecular formula is C15H24N2O3S. The van der Waals surface area contributed by atoms with Gasteiger partial charge in [-0.15, -0.1) is 0 Å². The molecule has 1 saturated carbocycles. The Labute approximate surface area is 126 Å². The first-order valence-corrected chi connectivity index (χ1v) is 9.12. The van der Waals surface area contributed by atoms with Gasteiger partial charge in [0.2, 0.25) is 10.0 Å². The van der Waals surface area contributed by atoms with Gasteiger partial charge in [-0.05, 0) is 42.9 Å². The highest BCUT2D eigenvalue weighted by Crippen LogP contribution is 2.31. The molecule has 1 fully saturated rings. The van der Waals surface area contributed by atoms with E-state index in [0.717, 1.165) is 18.4 Å². The summed E-state index contributed by atoms with van der Waals surface area (Å²) in [4.78, 5) is 3.91. The Morgan fingerprint density at radius 1 is 1.43 bits per heavy atom. The molecule has 2 atom stereocenters. The minimum atomic E-state index is -3.37. The standard InChI is InChI=1S/C15H24N2O3S/c1-13-3-2-7-15(18,11-13)12-17-21(19,20)10-6-14-4-8-16-9-5-14/h4-5,8-9,13,17-18H,2-3,6-7,10-12H2,1H3. The van der Waals surface area contributed by atoms with E-state index in [-0.39, 0.29) is 12.3 Å². The van der Waals surface area contributed by atoms with Gasteiger partial charge in [0.05, 0.1) is 11.4 Å². The van der Waals surface area contributed by atoms with Crippen molar-refractivity contribution in [2.45, 2.75) is 44.6 Å². The molecule has 1 aromatic rings. The SMILES string of the molecule is CC1CCCC(O)(CNS(=O)(=O)CCc2ccncc2)C1. The third-order valence-electron chi connectivity index (χ3n) is 4.10. The van der Waals surface area contributed by atoms with Gasteiger partial charge in [-0.25, -0.2) is 13.1 Å². The topological polar surface area (TPSA) is 79.3 Å². The maximum Gasteiger partial charge on any atom is 0.212 e. The minimum Gasteiger partial charge on any atom is -0.389 e. The summed E-state index contributed by atoms with van der Waals surface area (Å²) in [6.07, 6.45) is 7.16. The van der Waals surface area contributed by atoms with Crippen molar-refractivity contribution in [1.29, 1.82) is 0 Å². The lowest BCUT2D eigenvalue weighted by Gasteiger charge is -2.35. The predicted molar refractivity (Wildman–Crippen MR) is 82.3 cm³/mol. The van der Waals surface area contributed by atoms with Crippen LogP contribution in [0.25, 0.3) is 0 Å². The van der Waals surface area contributed by atoms with Crippen molar-refractivity contribution in [2.24, 2.45) is 5.92 Å². The fourth-order valence-electron chi connectivity index (χ4n) is 2.91. The second-order valence-corrected chi connectivity index (χ2v) is 8.10. The summed E-state index contributed by atoms with van der Waals surface area (Å²) in [6, 6.07) is 3.62. The van der Waals surface area contributed by atoms with E-state index in [1.54, 1.807) is 12.4 Å². The van der Waals surface area contributed by atoms with Crippen molar-refractivity contribution in [2.75, 3.05) is 12.3 Å². The number of nitrogens with zero attached hydrogens (tertiary/aromatic N) is 1. The molecule has 0 amide bonds. The number of aromatic nitrogens is 1. The maximum absolute atomic E-state index is 12.0. The van der Waals surface area contributed by atoms with E-state index in [2.05, 4.69) is 16.6 Å². The van der Waals surface area contributed by atoms with Crippen LogP contribution in [0, 0.1) is 5.92 Å². The van der Waals surface area contributed by atoms with Gasteiger partial charge in [-0.2, -0.15) is 0 Å². The van der Waals surface area contributed by atoms with Gasteiger partial charge in [0.1, 0.15) is 0 Å². The second kappa shape index (κ2) is 6.85. The lowest BCUT2D eigenvalue weighted by molar-refractivity contribution is -0.00751. The zero-order valence-corrected chi connectivity index (χ0v) is 13.3. The van der Waals surface area contributed by atoms with Gasteiger partial charge in [0.25, 0.3) is 0 Å². The smallest absolute Gasteiger partial charge is 0.212 e. The van der Waals surface area contributed by atoms with Crippen LogP contribution in [0.1, 0.15) is 38.2 Å². The lowest BCUT2D eigenvalue weighted by Crippen LogP contribution is -2.46. The fraction of sp³-hybridized carbons (Fsp3) is 0.667. The Morgan fingerprint density at radius 3 is 2.81 bits per heavy atom. The zero-order valence-electron chi connectivity index (χ0n) is 12.5. The van der Waals surface area contributed by atoms with Crippen LogP contribution in [0.15, 0.2) is 24.5 Å². The van der Waals surface area contributed by atoms with Gasteiger partial charge in [0.15, 0.2) is 0 Å². The number of nitrogens with one attached hydrogen (secondary N) is 1. The second-order valence-electron chi connectivity index (χ2n) is 6.17. The highest BCUT2D eigenvalue weighted by Gasteiger charge is 2.33. The summed E-state index contributed by atoms with van der Waals surface area (Å²) >= 11 is 0. The van der Waals surface area contributed by atoms with Crippen LogP contribution in [0.3, 0.4) is 0 Å². The summed E-state index contributed by atoms with van der Waals surface area (Å²) in [5.41, 5.74) is 0.0573. The van der Waals surface area contributed by atoms with Crippen LogP contribution in [-0.4, -0.2) is 36.4 Å². The monoisotopic (exact) mass is 312 g/mol. The third-order valence-corrected chi connectivity index (χ3v) is 5.42. The van der Waals surface area contributed by atoms with Crippen molar-refractivity contribution in [1.82, 2.24) is 9.71 Å². The Hall–Kier alpha value is -0.980. The number of pyridine rings is 1. The average molecular weight is 312 g/mol. The van der Waals surface area contributed by atoms with Crippen molar-refractivity contribution < 1.29 is 13.5 Å². The highest BCUT2D eigenvalue weighted by atomic mass is 32.2. The number of aliphatic hydroxyl groups is 1. The number of aryl methyl sites for hydroxylation is 1. The number of hydrogen-bond acceptors (Lipinski definition) is 4. The zero-order chi connectivity index (χ0) is 15.3. The maximum atomic E-state index is 12.0. The summed E-state index contributed by atoms with van der Waals surface area (Å²) in [7, 11) is -3.37. The molecule has 21 heavy (non-hydrogen) atoms. The van der Waals surface area contributed by atoms with Crippen molar-refractivity contribution in [3.63, 3.8) is 0 Å². The van der Waals surface area contributed by atoms with Gasteiger partial charge >= 0.3 is 0 Å². The van der Waals surface area contributed by atoms with E-state index >= 15 is 0 Å². The van der Waals surface area contributed by atoms with E-state index in [0.29, 0.717) is 25.2 Å².